The van der Waals surface area contributed by atoms with Gasteiger partial charge in [0.05, 0.1) is 5.54 Å². The molecule has 4 aliphatic rings. The van der Waals surface area contributed by atoms with Crippen LogP contribution in [-0.2, 0) is 0 Å². The van der Waals surface area contributed by atoms with E-state index >= 15 is 0 Å². The third kappa shape index (κ3) is 2.68. The van der Waals surface area contributed by atoms with E-state index in [9.17, 15) is 0 Å². The average Bonchev–Trinajstić information content (AvgIpc) is 2.44. The van der Waals surface area contributed by atoms with E-state index in [-0.39, 0.29) is 5.54 Å². The van der Waals surface area contributed by atoms with Crippen LogP contribution < -0.4 is 5.32 Å². The van der Waals surface area contributed by atoms with Crippen LogP contribution in [0.25, 0.3) is 0 Å². The van der Waals surface area contributed by atoms with Crippen molar-refractivity contribution < 1.29 is 0 Å². The lowest BCUT2D eigenvalue weighted by atomic mass is 9.53. The molecule has 0 aromatic heterocycles. The Morgan fingerprint density at radius 2 is 1.64 bits per heavy atom. The molecule has 0 unspecified atom stereocenters. The molecule has 0 amide bonds. The molecule has 5 rings (SSSR count). The van der Waals surface area contributed by atoms with Crippen molar-refractivity contribution in [2.24, 2.45) is 22.7 Å². The molecule has 2 nitrogen and oxygen atoms in total. The van der Waals surface area contributed by atoms with Gasteiger partial charge in [-0.05, 0) is 76.2 Å². The first-order valence-electron chi connectivity index (χ1n) is 9.03. The molecule has 0 radical (unpaired) electrons. The van der Waals surface area contributed by atoms with E-state index in [1.165, 1.54) is 49.8 Å². The fraction of sp³-hybridized carbons (Fsp3) is 0.650. The highest BCUT2D eigenvalue weighted by atomic mass is 14.9. The largest absolute Gasteiger partial charge is 0.382 e. The maximum absolute atomic E-state index is 5.19. The molecule has 4 fully saturated rings. The molecule has 0 spiro atoms. The second-order valence-corrected chi connectivity index (χ2v) is 8.29. The minimum absolute atomic E-state index is 0.277. The molecular weight excluding hydrogens is 268 g/mol. The Balaban J connectivity index is 1.57. The molecule has 118 valence electrons. The SMILES string of the molecule is CC(C)Nc1ccccc1C=NC12CC3CC(CC(C3)C1)C2. The summed E-state index contributed by atoms with van der Waals surface area (Å²) in [5.41, 5.74) is 2.73. The summed E-state index contributed by atoms with van der Waals surface area (Å²) in [4.78, 5) is 5.19. The highest BCUT2D eigenvalue weighted by Crippen LogP contribution is 2.57. The number of rotatable bonds is 4. The molecule has 4 bridgehead atoms. The van der Waals surface area contributed by atoms with E-state index in [4.69, 9.17) is 4.99 Å². The Morgan fingerprint density at radius 1 is 1.05 bits per heavy atom. The summed E-state index contributed by atoms with van der Waals surface area (Å²) in [5, 5.41) is 3.54. The molecule has 1 aromatic rings. The van der Waals surface area contributed by atoms with Crippen molar-refractivity contribution in [2.45, 2.75) is 64.0 Å². The molecule has 0 saturated heterocycles. The van der Waals surface area contributed by atoms with Gasteiger partial charge in [0.25, 0.3) is 0 Å². The fourth-order valence-corrected chi connectivity index (χ4v) is 5.48. The zero-order chi connectivity index (χ0) is 15.2. The number of nitrogens with one attached hydrogen (secondary N) is 1. The van der Waals surface area contributed by atoms with E-state index in [2.05, 4.69) is 49.6 Å². The van der Waals surface area contributed by atoms with Crippen molar-refractivity contribution in [1.29, 1.82) is 0 Å². The summed E-state index contributed by atoms with van der Waals surface area (Å²) in [7, 11) is 0. The molecule has 1 N–H and O–H groups in total. The standard InChI is InChI=1S/C20H28N2/c1-14(2)22-19-6-4-3-5-18(19)13-21-20-10-15-7-16(11-20)9-17(8-15)12-20/h3-6,13-17,22H,7-12H2,1-2H3. The first-order chi connectivity index (χ1) is 10.6. The van der Waals surface area contributed by atoms with Crippen molar-refractivity contribution in [3.63, 3.8) is 0 Å². The van der Waals surface area contributed by atoms with Gasteiger partial charge >= 0.3 is 0 Å². The maximum atomic E-state index is 5.19. The lowest BCUT2D eigenvalue weighted by Crippen LogP contribution is -2.49. The fourth-order valence-electron chi connectivity index (χ4n) is 5.48. The molecule has 0 atom stereocenters. The molecular formula is C20H28N2. The topological polar surface area (TPSA) is 24.4 Å². The molecule has 0 aliphatic heterocycles. The predicted molar refractivity (Wildman–Crippen MR) is 93.7 cm³/mol. The zero-order valence-electron chi connectivity index (χ0n) is 13.9. The lowest BCUT2D eigenvalue weighted by Gasteiger charge is -2.55. The highest BCUT2D eigenvalue weighted by Gasteiger charge is 2.50. The Kier molecular flexibility index (Phi) is 3.51. The van der Waals surface area contributed by atoms with Gasteiger partial charge in [-0.15, -0.1) is 0 Å². The summed E-state index contributed by atoms with van der Waals surface area (Å²) in [6.45, 7) is 4.38. The monoisotopic (exact) mass is 296 g/mol. The molecule has 2 heteroatoms. The van der Waals surface area contributed by atoms with Gasteiger partial charge in [-0.25, -0.2) is 0 Å². The average molecular weight is 296 g/mol. The molecule has 1 aromatic carbocycles. The van der Waals surface area contributed by atoms with Crippen molar-refractivity contribution in [1.82, 2.24) is 0 Å². The van der Waals surface area contributed by atoms with E-state index in [0.29, 0.717) is 6.04 Å². The summed E-state index contributed by atoms with van der Waals surface area (Å²) in [6, 6.07) is 9.03. The van der Waals surface area contributed by atoms with Gasteiger partial charge in [0.1, 0.15) is 0 Å². The van der Waals surface area contributed by atoms with Crippen LogP contribution >= 0.6 is 0 Å². The van der Waals surface area contributed by atoms with E-state index in [0.717, 1.165) is 17.8 Å². The second kappa shape index (κ2) is 5.40. The zero-order valence-corrected chi connectivity index (χ0v) is 13.9. The quantitative estimate of drug-likeness (QED) is 0.786. The van der Waals surface area contributed by atoms with Gasteiger partial charge in [0, 0.05) is 23.5 Å². The molecule has 22 heavy (non-hydrogen) atoms. The maximum Gasteiger partial charge on any atom is 0.0616 e. The molecule has 4 aliphatic carbocycles. The minimum atomic E-state index is 0.277. The van der Waals surface area contributed by atoms with Gasteiger partial charge in [0.15, 0.2) is 0 Å². The van der Waals surface area contributed by atoms with Crippen molar-refractivity contribution in [2.75, 3.05) is 5.32 Å². The van der Waals surface area contributed by atoms with Crippen LogP contribution in [-0.4, -0.2) is 17.8 Å². The Hall–Kier alpha value is -1.31. The first kappa shape index (κ1) is 14.3. The normalized spacial score (nSPS) is 36.4. The molecule has 4 saturated carbocycles. The Labute approximate surface area is 134 Å². The van der Waals surface area contributed by atoms with E-state index in [1.54, 1.807) is 0 Å². The lowest BCUT2D eigenvalue weighted by molar-refractivity contribution is 0.00195. The molecule has 0 heterocycles. The minimum Gasteiger partial charge on any atom is -0.382 e. The van der Waals surface area contributed by atoms with Gasteiger partial charge in [0.2, 0.25) is 0 Å². The Morgan fingerprint density at radius 3 is 2.23 bits per heavy atom. The van der Waals surface area contributed by atoms with Crippen LogP contribution in [0.3, 0.4) is 0 Å². The number of para-hydroxylation sites is 1. The van der Waals surface area contributed by atoms with Gasteiger partial charge in [-0.3, -0.25) is 4.99 Å². The summed E-state index contributed by atoms with van der Waals surface area (Å²) in [5.74, 6) is 2.90. The summed E-state index contributed by atoms with van der Waals surface area (Å²) >= 11 is 0. The van der Waals surface area contributed by atoms with Crippen LogP contribution in [0.2, 0.25) is 0 Å². The Bertz CT molecular complexity index is 538. The third-order valence-corrected chi connectivity index (χ3v) is 5.89. The van der Waals surface area contributed by atoms with Crippen LogP contribution in [0.4, 0.5) is 5.69 Å². The van der Waals surface area contributed by atoms with Gasteiger partial charge < -0.3 is 5.32 Å². The van der Waals surface area contributed by atoms with E-state index < -0.39 is 0 Å². The third-order valence-electron chi connectivity index (χ3n) is 5.89. The number of nitrogens with zero attached hydrogens (tertiary/aromatic N) is 1. The van der Waals surface area contributed by atoms with Crippen molar-refractivity contribution in [3.05, 3.63) is 29.8 Å². The van der Waals surface area contributed by atoms with Crippen LogP contribution in [0, 0.1) is 17.8 Å². The van der Waals surface area contributed by atoms with Crippen LogP contribution in [0.15, 0.2) is 29.3 Å². The van der Waals surface area contributed by atoms with Gasteiger partial charge in [-0.1, -0.05) is 18.2 Å². The van der Waals surface area contributed by atoms with Crippen molar-refractivity contribution >= 4 is 11.9 Å². The number of benzene rings is 1. The number of aliphatic imine (C=N–C) groups is 1. The second-order valence-electron chi connectivity index (χ2n) is 8.29. The summed E-state index contributed by atoms with van der Waals surface area (Å²) in [6.07, 6.45) is 10.7. The number of hydrogen-bond donors (Lipinski definition) is 1. The summed E-state index contributed by atoms with van der Waals surface area (Å²) < 4.78 is 0. The van der Waals surface area contributed by atoms with Crippen LogP contribution in [0.5, 0.6) is 0 Å². The number of hydrogen-bond acceptors (Lipinski definition) is 2. The first-order valence-corrected chi connectivity index (χ1v) is 9.03. The van der Waals surface area contributed by atoms with Gasteiger partial charge in [-0.2, -0.15) is 0 Å². The van der Waals surface area contributed by atoms with E-state index in [1.807, 2.05) is 0 Å². The number of anilines is 1. The van der Waals surface area contributed by atoms with Crippen LogP contribution in [0.1, 0.15) is 57.9 Å². The predicted octanol–water partition coefficient (Wildman–Crippen LogP) is 4.89. The highest BCUT2D eigenvalue weighted by molar-refractivity contribution is 5.88. The smallest absolute Gasteiger partial charge is 0.0616 e. The van der Waals surface area contributed by atoms with Crippen molar-refractivity contribution in [3.8, 4) is 0 Å².